The van der Waals surface area contributed by atoms with Crippen LogP contribution in [-0.4, -0.2) is 28.1 Å². The number of hydrogen-bond donors (Lipinski definition) is 1. The van der Waals surface area contributed by atoms with Gasteiger partial charge in [-0.2, -0.15) is 13.2 Å². The fraction of sp³-hybridized carbons (Fsp3) is 0.235. The van der Waals surface area contributed by atoms with Gasteiger partial charge in [0, 0.05) is 22.7 Å². The van der Waals surface area contributed by atoms with Gasteiger partial charge in [0.15, 0.2) is 0 Å². The lowest BCUT2D eigenvalue weighted by Gasteiger charge is -2.24. The van der Waals surface area contributed by atoms with Gasteiger partial charge in [0.05, 0.1) is 17.2 Å². The van der Waals surface area contributed by atoms with Crippen LogP contribution in [0.15, 0.2) is 72.8 Å². The third kappa shape index (κ3) is 6.11. The molecular weight excluding hydrogens is 579 g/mol. The monoisotopic (exact) mass is 607 g/mol. The topological polar surface area (TPSA) is 66.8 Å². The molecule has 1 aliphatic heterocycles. The van der Waals surface area contributed by atoms with Crippen molar-refractivity contribution in [1.29, 1.82) is 0 Å². The summed E-state index contributed by atoms with van der Waals surface area (Å²) in [5, 5.41) is 9.83. The van der Waals surface area contributed by atoms with E-state index in [0.717, 1.165) is 45.5 Å². The molecule has 2 atom stereocenters. The number of alkyl halides is 3. The van der Waals surface area contributed by atoms with Crippen LogP contribution in [-0.2, 0) is 17.5 Å². The Morgan fingerprint density at radius 3 is 2.30 bits per heavy atom. The molecule has 1 heterocycles. The van der Waals surface area contributed by atoms with E-state index >= 15 is 0 Å². The zero-order valence-corrected chi connectivity index (χ0v) is 24.7. The Morgan fingerprint density at radius 1 is 0.907 bits per heavy atom. The highest BCUT2D eigenvalue weighted by Gasteiger charge is 2.41. The van der Waals surface area contributed by atoms with E-state index in [1.54, 1.807) is 37.3 Å². The summed E-state index contributed by atoms with van der Waals surface area (Å²) in [6, 6.07) is 19.5. The van der Waals surface area contributed by atoms with E-state index < -0.39 is 35.9 Å². The lowest BCUT2D eigenvalue weighted by Crippen LogP contribution is -2.31. The molecule has 0 bridgehead atoms. The van der Waals surface area contributed by atoms with Crippen molar-refractivity contribution in [2.75, 3.05) is 0 Å². The molecule has 9 heteroatoms. The van der Waals surface area contributed by atoms with Crippen molar-refractivity contribution in [1.82, 2.24) is 4.90 Å². The number of amides is 1. The maximum absolute atomic E-state index is 13.4. The Kier molecular flexibility index (Phi) is 8.01. The van der Waals surface area contributed by atoms with Crippen LogP contribution >= 0.6 is 11.6 Å². The van der Waals surface area contributed by atoms with Crippen molar-refractivity contribution in [2.45, 2.75) is 52.6 Å². The number of ether oxygens (including phenoxy) is 1. The number of carboxylic acid groups (broad SMARTS) is 1. The van der Waals surface area contributed by atoms with E-state index in [1.165, 1.54) is 4.90 Å². The number of aromatic carboxylic acids is 1. The number of carbonyl (C=O) groups excluding carboxylic acids is 1. The van der Waals surface area contributed by atoms with Gasteiger partial charge in [-0.3, -0.25) is 4.90 Å². The Bertz CT molecular complexity index is 1750. The molecule has 0 radical (unpaired) electrons. The minimum absolute atomic E-state index is 0.0374. The predicted octanol–water partition coefficient (Wildman–Crippen LogP) is 9.40. The molecule has 4 aromatic carbocycles. The van der Waals surface area contributed by atoms with Crippen molar-refractivity contribution in [3.63, 3.8) is 0 Å². The van der Waals surface area contributed by atoms with Gasteiger partial charge in [0.1, 0.15) is 6.10 Å². The summed E-state index contributed by atoms with van der Waals surface area (Å²) in [5.74, 6) is -1.01. The van der Waals surface area contributed by atoms with Crippen LogP contribution in [0.25, 0.3) is 22.3 Å². The first-order chi connectivity index (χ1) is 20.2. The number of benzene rings is 4. The van der Waals surface area contributed by atoms with Crippen molar-refractivity contribution in [3.8, 4) is 22.3 Å². The van der Waals surface area contributed by atoms with E-state index in [0.29, 0.717) is 21.7 Å². The van der Waals surface area contributed by atoms with Crippen molar-refractivity contribution < 1.29 is 32.6 Å². The smallest absolute Gasteiger partial charge is 0.416 e. The molecule has 5 rings (SSSR count). The van der Waals surface area contributed by atoms with Gasteiger partial charge >= 0.3 is 18.2 Å². The third-order valence-corrected chi connectivity index (χ3v) is 8.09. The van der Waals surface area contributed by atoms with E-state index in [9.17, 15) is 27.9 Å². The average molecular weight is 608 g/mol. The molecule has 1 aliphatic rings. The number of nitrogens with zero attached hydrogens (tertiary/aromatic N) is 1. The normalized spacial score (nSPS) is 16.8. The minimum atomic E-state index is -4.50. The van der Waals surface area contributed by atoms with E-state index in [1.807, 2.05) is 51.1 Å². The molecule has 1 fully saturated rings. The van der Waals surface area contributed by atoms with Crippen molar-refractivity contribution in [3.05, 3.63) is 117 Å². The molecule has 0 saturated carbocycles. The number of carbonyl (C=O) groups is 2. The van der Waals surface area contributed by atoms with Crippen LogP contribution in [0.2, 0.25) is 5.02 Å². The number of aryl methyl sites for hydroxylation is 3. The highest BCUT2D eigenvalue weighted by Crippen LogP contribution is 2.42. The Morgan fingerprint density at radius 2 is 1.63 bits per heavy atom. The zero-order valence-electron chi connectivity index (χ0n) is 23.9. The van der Waals surface area contributed by atoms with E-state index in [4.69, 9.17) is 16.3 Å². The largest absolute Gasteiger partial charge is 0.478 e. The standard InChI is InChI=1S/C34H29ClF3NO4/c1-18-5-8-27(28-16-23(7-10-30(28)35)26-9-6-24(32(40)41)14-20(26)3)29(13-18)31-21(4)39(33(42)43-31)17-22-11-19(2)12-25(15-22)34(36,37)38/h5-16,21,31H,17H2,1-4H3,(H,40,41)/t21-,31?/m1/s1. The van der Waals surface area contributed by atoms with E-state index in [-0.39, 0.29) is 12.1 Å². The minimum Gasteiger partial charge on any atom is -0.478 e. The first kappa shape index (κ1) is 30.2. The highest BCUT2D eigenvalue weighted by molar-refractivity contribution is 6.33. The molecule has 1 amide bonds. The number of hydrogen-bond acceptors (Lipinski definition) is 3. The first-order valence-electron chi connectivity index (χ1n) is 13.6. The Hall–Kier alpha value is -4.30. The van der Waals surface area contributed by atoms with Crippen LogP contribution in [0.5, 0.6) is 0 Å². The van der Waals surface area contributed by atoms with Gasteiger partial charge in [-0.15, -0.1) is 0 Å². The lowest BCUT2D eigenvalue weighted by atomic mass is 9.89. The van der Waals surface area contributed by atoms with Gasteiger partial charge in [0.2, 0.25) is 0 Å². The summed E-state index contributed by atoms with van der Waals surface area (Å²) in [7, 11) is 0. The van der Waals surface area contributed by atoms with Crippen LogP contribution in [0.3, 0.4) is 0 Å². The predicted molar refractivity (Wildman–Crippen MR) is 159 cm³/mol. The molecule has 1 unspecified atom stereocenters. The number of rotatable bonds is 6. The average Bonchev–Trinajstić information content (AvgIpc) is 3.21. The summed E-state index contributed by atoms with van der Waals surface area (Å²) >= 11 is 6.72. The summed E-state index contributed by atoms with van der Waals surface area (Å²) in [6.45, 7) is 7.13. The Balaban J connectivity index is 1.51. The fourth-order valence-corrected chi connectivity index (χ4v) is 5.85. The third-order valence-electron chi connectivity index (χ3n) is 7.76. The van der Waals surface area contributed by atoms with Crippen LogP contribution in [0.1, 0.15) is 56.8 Å². The highest BCUT2D eigenvalue weighted by atomic mass is 35.5. The number of halogens is 4. The second-order valence-corrected chi connectivity index (χ2v) is 11.4. The van der Waals surface area contributed by atoms with Gasteiger partial charge in [-0.05, 0) is 91.9 Å². The summed E-state index contributed by atoms with van der Waals surface area (Å²) in [5.41, 5.74) is 5.81. The molecule has 0 aliphatic carbocycles. The zero-order chi connectivity index (χ0) is 31.2. The van der Waals surface area contributed by atoms with E-state index in [2.05, 4.69) is 0 Å². The van der Waals surface area contributed by atoms with Gasteiger partial charge < -0.3 is 9.84 Å². The van der Waals surface area contributed by atoms with Gasteiger partial charge in [0.25, 0.3) is 0 Å². The first-order valence-corrected chi connectivity index (χ1v) is 14.0. The van der Waals surface area contributed by atoms with Gasteiger partial charge in [-0.25, -0.2) is 9.59 Å². The van der Waals surface area contributed by atoms with Crippen LogP contribution in [0, 0.1) is 20.8 Å². The van der Waals surface area contributed by atoms with Crippen LogP contribution < -0.4 is 0 Å². The maximum Gasteiger partial charge on any atom is 0.416 e. The molecule has 0 spiro atoms. The number of carboxylic acids is 1. The van der Waals surface area contributed by atoms with Crippen molar-refractivity contribution >= 4 is 23.7 Å². The summed E-state index contributed by atoms with van der Waals surface area (Å²) in [6.07, 6.45) is -5.82. The molecule has 1 saturated heterocycles. The summed E-state index contributed by atoms with van der Waals surface area (Å²) in [4.78, 5) is 26.0. The van der Waals surface area contributed by atoms with Crippen molar-refractivity contribution in [2.24, 2.45) is 0 Å². The lowest BCUT2D eigenvalue weighted by molar-refractivity contribution is -0.137. The fourth-order valence-electron chi connectivity index (χ4n) is 5.63. The van der Waals surface area contributed by atoms with Crippen LogP contribution in [0.4, 0.5) is 18.0 Å². The maximum atomic E-state index is 13.4. The molecule has 43 heavy (non-hydrogen) atoms. The molecule has 222 valence electrons. The SMILES string of the molecule is Cc1cc(CN2C(=O)OC(c3cc(C)ccc3-c3cc(-c4ccc(C(=O)O)cc4C)ccc3Cl)[C@H]2C)cc(C(F)(F)F)c1. The summed E-state index contributed by atoms with van der Waals surface area (Å²) < 4.78 is 46.2. The van der Waals surface area contributed by atoms with Gasteiger partial charge in [-0.1, -0.05) is 59.1 Å². The molecular formula is C34H29ClF3NO4. The second-order valence-electron chi connectivity index (χ2n) is 11.0. The molecule has 1 N–H and O–H groups in total. The molecule has 0 aromatic heterocycles. The number of cyclic esters (lactones) is 1. The quantitative estimate of drug-likeness (QED) is 0.237. The second kappa shape index (κ2) is 11.4. The molecule has 4 aromatic rings. The Labute approximate surface area is 252 Å². The molecule has 5 nitrogen and oxygen atoms in total.